The molecule has 0 aliphatic carbocycles. The molecule has 0 amide bonds. The Labute approximate surface area is 118 Å². The van der Waals surface area contributed by atoms with Gasteiger partial charge in [-0.3, -0.25) is 0 Å². The molecule has 98 valence electrons. The molecule has 1 heterocycles. The van der Waals surface area contributed by atoms with Crippen LogP contribution in [0.3, 0.4) is 0 Å². The van der Waals surface area contributed by atoms with Gasteiger partial charge in [0.05, 0.1) is 0 Å². The Bertz CT molecular complexity index is 648. The normalized spacial score (nSPS) is 10.2. The van der Waals surface area contributed by atoms with Crippen molar-refractivity contribution in [3.63, 3.8) is 0 Å². The van der Waals surface area contributed by atoms with Crippen LogP contribution in [0.5, 0.6) is 5.88 Å². The second-order valence-electron chi connectivity index (χ2n) is 4.53. The summed E-state index contributed by atoms with van der Waals surface area (Å²) >= 11 is 0. The largest absolute Gasteiger partial charge is 0.473 e. The lowest BCUT2D eigenvalue weighted by atomic mass is 10.1. The fraction of sp³-hybridized carbons (Fsp3) is 0.0556. The zero-order chi connectivity index (χ0) is 13.6. The van der Waals surface area contributed by atoms with Crippen LogP contribution in [0.1, 0.15) is 5.56 Å². The predicted octanol–water partition coefficient (Wildman–Crippen LogP) is 4.33. The Morgan fingerprint density at radius 2 is 1.40 bits per heavy atom. The second-order valence-corrected chi connectivity index (χ2v) is 4.53. The van der Waals surface area contributed by atoms with Crippen LogP contribution >= 0.6 is 0 Å². The predicted molar refractivity (Wildman–Crippen MR) is 80.4 cm³/mol. The van der Waals surface area contributed by atoms with Crippen LogP contribution in [0.25, 0.3) is 11.1 Å². The van der Waals surface area contributed by atoms with Crippen molar-refractivity contribution in [3.8, 4) is 17.0 Å². The molecule has 2 nitrogen and oxygen atoms in total. The molecule has 0 unspecified atom stereocenters. The molecule has 0 spiro atoms. The van der Waals surface area contributed by atoms with Crippen molar-refractivity contribution in [3.05, 3.63) is 84.6 Å². The summed E-state index contributed by atoms with van der Waals surface area (Å²) < 4.78 is 5.67. The molecule has 20 heavy (non-hydrogen) atoms. The van der Waals surface area contributed by atoms with Crippen molar-refractivity contribution in [2.75, 3.05) is 0 Å². The molecule has 0 aliphatic heterocycles. The average molecular weight is 261 g/mol. The van der Waals surface area contributed by atoms with Gasteiger partial charge in [-0.05, 0) is 17.2 Å². The quantitative estimate of drug-likeness (QED) is 0.697. The van der Waals surface area contributed by atoms with Gasteiger partial charge >= 0.3 is 0 Å². The van der Waals surface area contributed by atoms with Crippen molar-refractivity contribution in [1.29, 1.82) is 0 Å². The van der Waals surface area contributed by atoms with Crippen LogP contribution in [0.4, 0.5) is 0 Å². The second kappa shape index (κ2) is 6.02. The van der Waals surface area contributed by atoms with Crippen LogP contribution in [0, 0.1) is 0 Å². The van der Waals surface area contributed by atoms with Crippen LogP contribution in [-0.2, 0) is 6.61 Å². The van der Waals surface area contributed by atoms with Gasteiger partial charge in [-0.15, -0.1) is 0 Å². The third kappa shape index (κ3) is 3.04. The summed E-state index contributed by atoms with van der Waals surface area (Å²) in [5.74, 6) is 0.647. The summed E-state index contributed by atoms with van der Waals surface area (Å²) in [6, 6.07) is 24.2. The summed E-state index contributed by atoms with van der Waals surface area (Å²) in [5.41, 5.74) is 3.40. The van der Waals surface area contributed by atoms with E-state index in [4.69, 9.17) is 4.74 Å². The van der Waals surface area contributed by atoms with Gasteiger partial charge in [0.15, 0.2) is 0 Å². The summed E-state index contributed by atoms with van der Waals surface area (Å²) in [6.07, 6.45) is 1.84. The van der Waals surface area contributed by atoms with Gasteiger partial charge in [0.2, 0.25) is 5.88 Å². The van der Waals surface area contributed by atoms with Crippen LogP contribution in [0.15, 0.2) is 79.0 Å². The lowest BCUT2D eigenvalue weighted by Gasteiger charge is -2.06. The first-order valence-electron chi connectivity index (χ1n) is 6.60. The molecule has 3 rings (SSSR count). The molecule has 0 saturated carbocycles. The number of aromatic nitrogens is 1. The van der Waals surface area contributed by atoms with Crippen LogP contribution in [0.2, 0.25) is 0 Å². The fourth-order valence-corrected chi connectivity index (χ4v) is 2.00. The van der Waals surface area contributed by atoms with Gasteiger partial charge in [-0.1, -0.05) is 60.7 Å². The lowest BCUT2D eigenvalue weighted by molar-refractivity contribution is 0.294. The Balaban J connectivity index is 1.68. The summed E-state index contributed by atoms with van der Waals surface area (Å²) in [5, 5.41) is 0. The zero-order valence-electron chi connectivity index (χ0n) is 11.1. The van der Waals surface area contributed by atoms with Gasteiger partial charge < -0.3 is 4.74 Å². The number of ether oxygens (including phenoxy) is 1. The first-order chi connectivity index (χ1) is 9.92. The highest BCUT2D eigenvalue weighted by molar-refractivity contribution is 5.62. The average Bonchev–Trinajstić information content (AvgIpc) is 2.55. The Hall–Kier alpha value is -2.61. The Morgan fingerprint density at radius 1 is 0.700 bits per heavy atom. The van der Waals surface area contributed by atoms with Crippen molar-refractivity contribution in [2.24, 2.45) is 0 Å². The topological polar surface area (TPSA) is 22.1 Å². The molecule has 2 heteroatoms. The van der Waals surface area contributed by atoms with Crippen molar-refractivity contribution in [1.82, 2.24) is 4.98 Å². The molecule has 1 aromatic heterocycles. The van der Waals surface area contributed by atoms with Gasteiger partial charge in [-0.2, -0.15) is 0 Å². The standard InChI is InChI=1S/C18H15NO/c1-3-7-15(8-4-1)14-20-18-12-11-17(13-19-18)16-9-5-2-6-10-16/h1-13H,14H2. The summed E-state index contributed by atoms with van der Waals surface area (Å²) in [7, 11) is 0. The molecule has 0 N–H and O–H groups in total. The van der Waals surface area contributed by atoms with Gasteiger partial charge in [0.25, 0.3) is 0 Å². The van der Waals surface area contributed by atoms with Crippen LogP contribution in [-0.4, -0.2) is 4.98 Å². The summed E-state index contributed by atoms with van der Waals surface area (Å²) in [6.45, 7) is 0.540. The molecule has 0 fully saturated rings. The van der Waals surface area contributed by atoms with E-state index in [-0.39, 0.29) is 0 Å². The van der Waals surface area contributed by atoms with E-state index < -0.39 is 0 Å². The number of rotatable bonds is 4. The number of pyridine rings is 1. The fourth-order valence-electron chi connectivity index (χ4n) is 2.00. The molecule has 0 atom stereocenters. The molecule has 0 radical (unpaired) electrons. The third-order valence-corrected chi connectivity index (χ3v) is 3.07. The van der Waals surface area contributed by atoms with E-state index in [2.05, 4.69) is 17.1 Å². The van der Waals surface area contributed by atoms with Crippen molar-refractivity contribution >= 4 is 0 Å². The van der Waals surface area contributed by atoms with Gasteiger partial charge in [-0.25, -0.2) is 4.98 Å². The van der Waals surface area contributed by atoms with Crippen molar-refractivity contribution in [2.45, 2.75) is 6.61 Å². The van der Waals surface area contributed by atoms with Crippen molar-refractivity contribution < 1.29 is 4.74 Å². The van der Waals surface area contributed by atoms with Crippen LogP contribution < -0.4 is 4.74 Å². The Kier molecular flexibility index (Phi) is 3.74. The maximum atomic E-state index is 5.67. The first-order valence-corrected chi connectivity index (χ1v) is 6.60. The summed E-state index contributed by atoms with van der Waals surface area (Å²) in [4.78, 5) is 4.35. The molecular weight excluding hydrogens is 246 g/mol. The van der Waals surface area contributed by atoms with E-state index in [1.54, 1.807) is 0 Å². The van der Waals surface area contributed by atoms with E-state index in [0.29, 0.717) is 12.5 Å². The van der Waals surface area contributed by atoms with Gasteiger partial charge in [0.1, 0.15) is 6.61 Å². The Morgan fingerprint density at radius 3 is 2.05 bits per heavy atom. The maximum absolute atomic E-state index is 5.67. The zero-order valence-corrected chi connectivity index (χ0v) is 11.1. The first kappa shape index (κ1) is 12.4. The highest BCUT2D eigenvalue weighted by Crippen LogP contribution is 2.20. The monoisotopic (exact) mass is 261 g/mol. The van der Waals surface area contributed by atoms with E-state index in [0.717, 1.165) is 16.7 Å². The maximum Gasteiger partial charge on any atom is 0.213 e. The number of hydrogen-bond acceptors (Lipinski definition) is 2. The minimum absolute atomic E-state index is 0.540. The third-order valence-electron chi connectivity index (χ3n) is 3.07. The SMILES string of the molecule is c1ccc(COc2ccc(-c3ccccc3)cn2)cc1. The highest BCUT2D eigenvalue weighted by atomic mass is 16.5. The van der Waals surface area contributed by atoms with Gasteiger partial charge in [0, 0.05) is 17.8 Å². The minimum Gasteiger partial charge on any atom is -0.473 e. The smallest absolute Gasteiger partial charge is 0.213 e. The van der Waals surface area contributed by atoms with E-state index >= 15 is 0 Å². The molecular formula is C18H15NO. The van der Waals surface area contributed by atoms with E-state index in [9.17, 15) is 0 Å². The lowest BCUT2D eigenvalue weighted by Crippen LogP contribution is -1.96. The number of nitrogens with zero attached hydrogens (tertiary/aromatic N) is 1. The molecule has 0 bridgehead atoms. The molecule has 0 saturated heterocycles. The van der Waals surface area contributed by atoms with E-state index in [1.807, 2.05) is 66.9 Å². The van der Waals surface area contributed by atoms with E-state index in [1.165, 1.54) is 0 Å². The number of benzene rings is 2. The molecule has 3 aromatic rings. The minimum atomic E-state index is 0.540. The number of hydrogen-bond donors (Lipinski definition) is 0. The molecule has 0 aliphatic rings. The highest BCUT2D eigenvalue weighted by Gasteiger charge is 2.00. The molecule has 2 aromatic carbocycles.